The van der Waals surface area contributed by atoms with Crippen LogP contribution in [0.2, 0.25) is 0 Å². The van der Waals surface area contributed by atoms with Crippen molar-refractivity contribution in [3.05, 3.63) is 29.8 Å². The van der Waals surface area contributed by atoms with Gasteiger partial charge in [0.05, 0.1) is 0 Å². The van der Waals surface area contributed by atoms with Crippen LogP contribution in [-0.4, -0.2) is 31.4 Å². The molecule has 0 aliphatic carbocycles. The molecule has 6 nitrogen and oxygen atoms in total. The van der Waals surface area contributed by atoms with E-state index >= 15 is 0 Å². The van der Waals surface area contributed by atoms with Crippen LogP contribution < -0.4 is 10.6 Å². The molecule has 0 saturated heterocycles. The van der Waals surface area contributed by atoms with E-state index in [2.05, 4.69) is 10.6 Å². The second kappa shape index (κ2) is 8.81. The van der Waals surface area contributed by atoms with Gasteiger partial charge >= 0.3 is 5.97 Å². The second-order valence-corrected chi connectivity index (χ2v) is 5.30. The van der Waals surface area contributed by atoms with Gasteiger partial charge in [-0.1, -0.05) is 19.9 Å². The summed E-state index contributed by atoms with van der Waals surface area (Å²) in [7, 11) is 1.53. The van der Waals surface area contributed by atoms with Gasteiger partial charge in [-0.25, -0.2) is 0 Å². The van der Waals surface area contributed by atoms with Crippen molar-refractivity contribution in [3.63, 3.8) is 0 Å². The van der Waals surface area contributed by atoms with Crippen LogP contribution in [0.3, 0.4) is 0 Å². The SMILES string of the molecule is CNC(=O)c1cccc(NC(=O)COC(=O)CCC(C)C)c1. The number of nitrogens with one attached hydrogen (secondary N) is 2. The van der Waals surface area contributed by atoms with Crippen molar-refractivity contribution in [1.29, 1.82) is 0 Å². The number of hydrogen-bond acceptors (Lipinski definition) is 4. The number of hydrogen-bond donors (Lipinski definition) is 2. The van der Waals surface area contributed by atoms with Gasteiger partial charge in [-0.15, -0.1) is 0 Å². The minimum absolute atomic E-state index is 0.240. The van der Waals surface area contributed by atoms with Crippen LogP contribution in [0.4, 0.5) is 5.69 Å². The molecule has 22 heavy (non-hydrogen) atoms. The van der Waals surface area contributed by atoms with Crippen molar-refractivity contribution in [2.75, 3.05) is 19.0 Å². The molecule has 0 spiro atoms. The van der Waals surface area contributed by atoms with Gasteiger partial charge in [-0.3, -0.25) is 14.4 Å². The van der Waals surface area contributed by atoms with Crippen molar-refractivity contribution >= 4 is 23.5 Å². The van der Waals surface area contributed by atoms with Crippen LogP contribution >= 0.6 is 0 Å². The van der Waals surface area contributed by atoms with Gasteiger partial charge in [-0.2, -0.15) is 0 Å². The highest BCUT2D eigenvalue weighted by Gasteiger charge is 2.10. The molecule has 0 radical (unpaired) electrons. The number of amides is 2. The number of esters is 1. The lowest BCUT2D eigenvalue weighted by Gasteiger charge is -2.08. The lowest BCUT2D eigenvalue weighted by atomic mass is 10.1. The Morgan fingerprint density at radius 2 is 1.95 bits per heavy atom. The first-order valence-corrected chi connectivity index (χ1v) is 7.20. The molecule has 2 amide bonds. The smallest absolute Gasteiger partial charge is 0.306 e. The van der Waals surface area contributed by atoms with E-state index in [1.165, 1.54) is 7.05 Å². The number of anilines is 1. The zero-order chi connectivity index (χ0) is 16.5. The molecular formula is C16H22N2O4. The summed E-state index contributed by atoms with van der Waals surface area (Å²) in [5.74, 6) is -0.653. The molecule has 1 rings (SSSR count). The van der Waals surface area contributed by atoms with Crippen LogP contribution in [0.15, 0.2) is 24.3 Å². The van der Waals surface area contributed by atoms with E-state index in [9.17, 15) is 14.4 Å². The summed E-state index contributed by atoms with van der Waals surface area (Å²) in [6.45, 7) is 3.69. The van der Waals surface area contributed by atoms with E-state index in [1.54, 1.807) is 24.3 Å². The number of benzene rings is 1. The Labute approximate surface area is 130 Å². The van der Waals surface area contributed by atoms with Gasteiger partial charge in [0.1, 0.15) is 0 Å². The zero-order valence-corrected chi connectivity index (χ0v) is 13.1. The number of ether oxygens (including phenoxy) is 1. The summed E-state index contributed by atoms with van der Waals surface area (Å²) in [6, 6.07) is 6.51. The molecule has 0 unspecified atom stereocenters. The molecule has 1 aromatic rings. The third kappa shape index (κ3) is 6.39. The Bertz CT molecular complexity index is 541. The van der Waals surface area contributed by atoms with Gasteiger partial charge in [-0.05, 0) is 30.5 Å². The Hall–Kier alpha value is -2.37. The van der Waals surface area contributed by atoms with Gasteiger partial charge < -0.3 is 15.4 Å². The maximum absolute atomic E-state index is 11.7. The second-order valence-electron chi connectivity index (χ2n) is 5.30. The topological polar surface area (TPSA) is 84.5 Å². The maximum Gasteiger partial charge on any atom is 0.306 e. The first kappa shape index (κ1) is 17.7. The third-order valence-electron chi connectivity index (χ3n) is 2.93. The van der Waals surface area contributed by atoms with E-state index in [1.807, 2.05) is 13.8 Å². The summed E-state index contributed by atoms with van der Waals surface area (Å²) in [5, 5.41) is 5.09. The largest absolute Gasteiger partial charge is 0.456 e. The summed E-state index contributed by atoms with van der Waals surface area (Å²) in [5.41, 5.74) is 0.915. The van der Waals surface area contributed by atoms with Crippen molar-refractivity contribution in [1.82, 2.24) is 5.32 Å². The van der Waals surface area contributed by atoms with Crippen molar-refractivity contribution in [2.24, 2.45) is 5.92 Å². The molecule has 0 aromatic heterocycles. The van der Waals surface area contributed by atoms with Gasteiger partial charge in [0.2, 0.25) is 0 Å². The molecule has 0 bridgehead atoms. The first-order valence-electron chi connectivity index (χ1n) is 7.20. The predicted octanol–water partition coefficient (Wildman–Crippen LogP) is 1.96. The molecular weight excluding hydrogens is 284 g/mol. The molecule has 0 heterocycles. The van der Waals surface area contributed by atoms with Crippen LogP contribution in [0, 0.1) is 5.92 Å². The normalized spacial score (nSPS) is 10.2. The Morgan fingerprint density at radius 1 is 1.23 bits per heavy atom. The molecule has 0 aliphatic heterocycles. The molecule has 120 valence electrons. The molecule has 0 fully saturated rings. The fraction of sp³-hybridized carbons (Fsp3) is 0.438. The van der Waals surface area contributed by atoms with Gasteiger partial charge in [0.25, 0.3) is 11.8 Å². The van der Waals surface area contributed by atoms with E-state index < -0.39 is 5.91 Å². The fourth-order valence-electron chi connectivity index (χ4n) is 1.70. The Morgan fingerprint density at radius 3 is 2.59 bits per heavy atom. The highest BCUT2D eigenvalue weighted by molar-refractivity contribution is 5.97. The number of carbonyl (C=O) groups excluding carboxylic acids is 3. The monoisotopic (exact) mass is 306 g/mol. The van der Waals surface area contributed by atoms with Crippen molar-refractivity contribution < 1.29 is 19.1 Å². The average molecular weight is 306 g/mol. The molecule has 0 saturated carbocycles. The highest BCUT2D eigenvalue weighted by atomic mass is 16.5. The number of rotatable bonds is 7. The molecule has 2 N–H and O–H groups in total. The predicted molar refractivity (Wildman–Crippen MR) is 83.5 cm³/mol. The van der Waals surface area contributed by atoms with Gasteiger partial charge in [0.15, 0.2) is 6.61 Å². The van der Waals surface area contributed by atoms with Crippen LogP contribution in [0.25, 0.3) is 0 Å². The van der Waals surface area contributed by atoms with E-state index in [0.29, 0.717) is 23.6 Å². The fourth-order valence-corrected chi connectivity index (χ4v) is 1.70. The standard InChI is InChI=1S/C16H22N2O4/c1-11(2)7-8-15(20)22-10-14(19)18-13-6-4-5-12(9-13)16(21)17-3/h4-6,9,11H,7-8,10H2,1-3H3,(H,17,21)(H,18,19). The van der Waals surface area contributed by atoms with E-state index in [4.69, 9.17) is 4.74 Å². The summed E-state index contributed by atoms with van der Waals surface area (Å²) in [4.78, 5) is 34.6. The lowest BCUT2D eigenvalue weighted by Crippen LogP contribution is -2.22. The van der Waals surface area contributed by atoms with Crippen molar-refractivity contribution in [3.8, 4) is 0 Å². The average Bonchev–Trinajstić information content (AvgIpc) is 2.50. The number of carbonyl (C=O) groups is 3. The van der Waals surface area contributed by atoms with Crippen LogP contribution in [-0.2, 0) is 14.3 Å². The minimum Gasteiger partial charge on any atom is -0.456 e. The highest BCUT2D eigenvalue weighted by Crippen LogP contribution is 2.10. The molecule has 0 aliphatic rings. The minimum atomic E-state index is -0.438. The van der Waals surface area contributed by atoms with E-state index in [0.717, 1.165) is 6.42 Å². The third-order valence-corrected chi connectivity index (χ3v) is 2.93. The van der Waals surface area contributed by atoms with Crippen LogP contribution in [0.5, 0.6) is 0 Å². The molecule has 0 atom stereocenters. The van der Waals surface area contributed by atoms with E-state index in [-0.39, 0.29) is 18.5 Å². The molecule has 1 aromatic carbocycles. The quantitative estimate of drug-likeness (QED) is 0.754. The first-order chi connectivity index (χ1) is 10.4. The van der Waals surface area contributed by atoms with Crippen LogP contribution in [0.1, 0.15) is 37.0 Å². The summed E-state index contributed by atoms with van der Waals surface area (Å²) in [6.07, 6.45) is 1.03. The summed E-state index contributed by atoms with van der Waals surface area (Å²) < 4.78 is 4.90. The Balaban J connectivity index is 2.45. The van der Waals surface area contributed by atoms with Crippen molar-refractivity contribution in [2.45, 2.75) is 26.7 Å². The molecule has 6 heteroatoms. The zero-order valence-electron chi connectivity index (χ0n) is 13.1. The lowest BCUT2D eigenvalue weighted by molar-refractivity contribution is -0.147. The summed E-state index contributed by atoms with van der Waals surface area (Å²) >= 11 is 0. The maximum atomic E-state index is 11.7. The van der Waals surface area contributed by atoms with Gasteiger partial charge in [0, 0.05) is 24.7 Å². The Kier molecular flexibility index (Phi) is 7.08.